The Balaban J connectivity index is 3.29. The normalized spacial score (nSPS) is 14.1. The average molecular weight is 334 g/mol. The van der Waals surface area contributed by atoms with Gasteiger partial charge in [-0.25, -0.2) is 0 Å². The maximum Gasteiger partial charge on any atom is 0.331 e. The van der Waals surface area contributed by atoms with Crippen molar-refractivity contribution >= 4 is 22.1 Å². The minimum Gasteiger partial charge on any atom is -0.469 e. The molecule has 0 aromatic carbocycles. The highest BCUT2D eigenvalue weighted by molar-refractivity contribution is 7.88. The lowest BCUT2D eigenvalue weighted by Crippen LogP contribution is -2.51. The summed E-state index contributed by atoms with van der Waals surface area (Å²) in [7, 11) is -4.97. The average Bonchev–Trinajstić information content (AvgIpc) is 2.89. The van der Waals surface area contributed by atoms with Crippen molar-refractivity contribution in [2.45, 2.75) is 31.4 Å². The molecule has 1 aromatic heterocycles. The highest BCUT2D eigenvalue weighted by atomic mass is 32.2. The van der Waals surface area contributed by atoms with Crippen LogP contribution in [0.5, 0.6) is 0 Å². The van der Waals surface area contributed by atoms with Crippen LogP contribution < -0.4 is 0 Å². The summed E-state index contributed by atoms with van der Waals surface area (Å²) in [5.74, 6) is -2.07. The third-order valence-electron chi connectivity index (χ3n) is 2.92. The van der Waals surface area contributed by atoms with Gasteiger partial charge < -0.3 is 13.9 Å². The number of furan rings is 1. The van der Waals surface area contributed by atoms with Gasteiger partial charge in [0.15, 0.2) is 0 Å². The summed E-state index contributed by atoms with van der Waals surface area (Å²) in [6.45, 7) is 2.90. The fraction of sp³-hybridized carbons (Fsp3) is 0.538. The van der Waals surface area contributed by atoms with Crippen LogP contribution in [0.1, 0.15) is 26.0 Å². The number of hydrogen-bond acceptors (Lipinski definition) is 7. The van der Waals surface area contributed by atoms with Crippen molar-refractivity contribution < 1.29 is 36.5 Å². The SMILES string of the molecule is CCOC(=O)CC(Cc1ccco1)(C(=O)OCC)S(=O)(=O)O. The third kappa shape index (κ3) is 4.08. The van der Waals surface area contributed by atoms with Gasteiger partial charge >= 0.3 is 11.9 Å². The molecule has 1 unspecified atom stereocenters. The maximum atomic E-state index is 12.2. The fourth-order valence-electron chi connectivity index (χ4n) is 1.90. The van der Waals surface area contributed by atoms with Crippen LogP contribution in [0.2, 0.25) is 0 Å². The first-order valence-electron chi connectivity index (χ1n) is 6.59. The Bertz CT molecular complexity index is 604. The minimum absolute atomic E-state index is 0.00394. The van der Waals surface area contributed by atoms with Gasteiger partial charge in [-0.2, -0.15) is 8.42 Å². The molecule has 8 nitrogen and oxygen atoms in total. The van der Waals surface area contributed by atoms with Crippen LogP contribution in [0.4, 0.5) is 0 Å². The van der Waals surface area contributed by atoms with Crippen LogP contribution >= 0.6 is 0 Å². The van der Waals surface area contributed by atoms with Crippen molar-refractivity contribution in [3.8, 4) is 0 Å². The maximum absolute atomic E-state index is 12.2. The molecular weight excluding hydrogens is 316 g/mol. The lowest BCUT2D eigenvalue weighted by Gasteiger charge is -2.26. The predicted molar refractivity (Wildman–Crippen MR) is 74.6 cm³/mol. The minimum atomic E-state index is -4.97. The largest absolute Gasteiger partial charge is 0.469 e. The highest BCUT2D eigenvalue weighted by Crippen LogP contribution is 2.29. The molecule has 9 heteroatoms. The molecule has 0 aliphatic heterocycles. The van der Waals surface area contributed by atoms with Crippen molar-refractivity contribution in [3.63, 3.8) is 0 Å². The Labute approximate surface area is 128 Å². The second kappa shape index (κ2) is 7.41. The van der Waals surface area contributed by atoms with Crippen molar-refractivity contribution in [2.24, 2.45) is 0 Å². The number of carbonyl (C=O) groups excluding carboxylic acids is 2. The van der Waals surface area contributed by atoms with E-state index in [1.807, 2.05) is 0 Å². The molecule has 0 aliphatic carbocycles. The van der Waals surface area contributed by atoms with Crippen molar-refractivity contribution in [1.29, 1.82) is 0 Å². The van der Waals surface area contributed by atoms with E-state index < -0.39 is 39.6 Å². The standard InChI is InChI=1S/C13H18O8S/c1-3-19-11(14)9-13(22(16,17)18,12(15)20-4-2)8-10-6-5-7-21-10/h5-7H,3-4,8-9H2,1-2H3,(H,16,17,18). The number of rotatable bonds is 8. The quantitative estimate of drug-likeness (QED) is 0.551. The molecule has 0 saturated carbocycles. The molecule has 0 fully saturated rings. The van der Waals surface area contributed by atoms with Crippen LogP contribution in [0.3, 0.4) is 0 Å². The number of ether oxygens (including phenoxy) is 2. The lowest BCUT2D eigenvalue weighted by molar-refractivity contribution is -0.153. The van der Waals surface area contributed by atoms with Gasteiger partial charge in [-0.3, -0.25) is 14.1 Å². The summed E-state index contributed by atoms with van der Waals surface area (Å²) < 4.78 is 45.2. The first-order valence-corrected chi connectivity index (χ1v) is 8.03. The Kier molecular flexibility index (Phi) is 6.12. The second-order valence-electron chi connectivity index (χ2n) is 4.43. The summed E-state index contributed by atoms with van der Waals surface area (Å²) >= 11 is 0. The molecule has 0 bridgehead atoms. The molecule has 22 heavy (non-hydrogen) atoms. The van der Waals surface area contributed by atoms with Gasteiger partial charge in [-0.1, -0.05) is 0 Å². The van der Waals surface area contributed by atoms with Crippen LogP contribution in [-0.2, 0) is 35.6 Å². The first-order chi connectivity index (χ1) is 10.3. The monoisotopic (exact) mass is 334 g/mol. The molecular formula is C13H18O8S. The van der Waals surface area contributed by atoms with Gasteiger partial charge in [-0.15, -0.1) is 0 Å². The van der Waals surface area contributed by atoms with Crippen LogP contribution in [-0.4, -0.2) is 42.9 Å². The zero-order valence-corrected chi connectivity index (χ0v) is 13.1. The molecule has 0 spiro atoms. The first kappa shape index (κ1) is 18.2. The molecule has 0 aliphatic rings. The molecule has 0 saturated heterocycles. The summed E-state index contributed by atoms with van der Waals surface area (Å²) in [5, 5.41) is 0. The van der Waals surface area contributed by atoms with E-state index in [1.165, 1.54) is 32.2 Å². The van der Waals surface area contributed by atoms with Crippen molar-refractivity contribution in [2.75, 3.05) is 13.2 Å². The van der Waals surface area contributed by atoms with Crippen molar-refractivity contribution in [3.05, 3.63) is 24.2 Å². The molecule has 0 amide bonds. The molecule has 0 radical (unpaired) electrons. The Hall–Kier alpha value is -1.87. The molecule has 1 aromatic rings. The number of hydrogen-bond donors (Lipinski definition) is 1. The molecule has 1 heterocycles. The van der Waals surface area contributed by atoms with Crippen molar-refractivity contribution in [1.82, 2.24) is 0 Å². The molecule has 1 atom stereocenters. The van der Waals surface area contributed by atoms with Gasteiger partial charge in [0.05, 0.1) is 25.9 Å². The lowest BCUT2D eigenvalue weighted by atomic mass is 9.98. The van der Waals surface area contributed by atoms with E-state index in [4.69, 9.17) is 9.15 Å². The van der Waals surface area contributed by atoms with Gasteiger partial charge in [0, 0.05) is 6.42 Å². The predicted octanol–water partition coefficient (Wildman–Crippen LogP) is 0.965. The summed E-state index contributed by atoms with van der Waals surface area (Å²) in [6, 6.07) is 2.91. The van der Waals surface area contributed by atoms with Gasteiger partial charge in [0.25, 0.3) is 10.1 Å². The Morgan fingerprint density at radius 3 is 2.36 bits per heavy atom. The van der Waals surface area contributed by atoms with E-state index >= 15 is 0 Å². The van der Waals surface area contributed by atoms with Gasteiger partial charge in [-0.05, 0) is 26.0 Å². The van der Waals surface area contributed by atoms with Crippen LogP contribution in [0.25, 0.3) is 0 Å². The Morgan fingerprint density at radius 1 is 1.27 bits per heavy atom. The smallest absolute Gasteiger partial charge is 0.331 e. The van der Waals surface area contributed by atoms with E-state index in [9.17, 15) is 22.6 Å². The summed E-state index contributed by atoms with van der Waals surface area (Å²) in [6.07, 6.45) is -0.144. The molecule has 124 valence electrons. The number of carbonyl (C=O) groups is 2. The Morgan fingerprint density at radius 2 is 1.91 bits per heavy atom. The molecule has 1 N–H and O–H groups in total. The van der Waals surface area contributed by atoms with Gasteiger partial charge in [0.1, 0.15) is 5.76 Å². The van der Waals surface area contributed by atoms with Crippen LogP contribution in [0, 0.1) is 0 Å². The van der Waals surface area contributed by atoms with E-state index in [2.05, 4.69) is 4.74 Å². The topological polar surface area (TPSA) is 120 Å². The zero-order valence-electron chi connectivity index (χ0n) is 12.3. The third-order valence-corrected chi connectivity index (χ3v) is 4.36. The summed E-state index contributed by atoms with van der Waals surface area (Å²) in [4.78, 5) is 23.9. The van der Waals surface area contributed by atoms with E-state index in [0.29, 0.717) is 0 Å². The summed E-state index contributed by atoms with van der Waals surface area (Å²) in [5.41, 5.74) is 0. The van der Waals surface area contributed by atoms with Gasteiger partial charge in [0.2, 0.25) is 4.75 Å². The highest BCUT2D eigenvalue weighted by Gasteiger charge is 2.54. The van der Waals surface area contributed by atoms with E-state index in [0.717, 1.165) is 0 Å². The fourth-order valence-corrected chi connectivity index (χ4v) is 2.79. The van der Waals surface area contributed by atoms with Crippen LogP contribution in [0.15, 0.2) is 22.8 Å². The zero-order chi connectivity index (χ0) is 16.8. The second-order valence-corrected chi connectivity index (χ2v) is 6.16. The van der Waals surface area contributed by atoms with E-state index in [-0.39, 0.29) is 19.0 Å². The number of esters is 2. The van der Waals surface area contributed by atoms with E-state index in [1.54, 1.807) is 0 Å². The molecule has 1 rings (SSSR count).